The van der Waals surface area contributed by atoms with Gasteiger partial charge in [0.2, 0.25) is 11.7 Å². The van der Waals surface area contributed by atoms with E-state index >= 15 is 0 Å². The maximum Gasteiger partial charge on any atom is 0.311 e. The molecule has 0 aromatic carbocycles. The molecule has 0 saturated carbocycles. The maximum atomic E-state index is 10.5. The molecule has 6 nitrogen and oxygen atoms in total. The number of nitrogens with zero attached hydrogens (tertiary/aromatic N) is 2. The number of thiophene rings is 1. The third-order valence-electron chi connectivity index (χ3n) is 2.02. The molecule has 0 fully saturated rings. The van der Waals surface area contributed by atoms with Gasteiger partial charge < -0.3 is 10.5 Å². The van der Waals surface area contributed by atoms with Crippen molar-refractivity contribution in [2.45, 2.75) is 6.61 Å². The van der Waals surface area contributed by atoms with E-state index in [0.29, 0.717) is 6.61 Å². The number of rotatable bonds is 4. The van der Waals surface area contributed by atoms with Crippen molar-refractivity contribution in [2.24, 2.45) is 0 Å². The van der Waals surface area contributed by atoms with Gasteiger partial charge in [0.1, 0.15) is 6.61 Å². The first kappa shape index (κ1) is 11.3. The van der Waals surface area contributed by atoms with E-state index in [9.17, 15) is 10.1 Å². The van der Waals surface area contributed by atoms with Crippen molar-refractivity contribution in [1.29, 1.82) is 0 Å². The number of ether oxygens (including phenoxy) is 1. The number of pyridine rings is 1. The second-order valence-electron chi connectivity index (χ2n) is 3.18. The molecule has 0 saturated heterocycles. The zero-order valence-corrected chi connectivity index (χ0v) is 9.52. The van der Waals surface area contributed by atoms with Crippen molar-refractivity contribution in [3.8, 4) is 5.88 Å². The standard InChI is InChI=1S/C10H9N3O3S/c11-10-8(13(14)15)3-4-9(12-10)16-6-7-2-1-5-17-7/h1-5H,6H2,(H2,11,12). The molecule has 2 heterocycles. The summed E-state index contributed by atoms with van der Waals surface area (Å²) in [7, 11) is 0. The highest BCUT2D eigenvalue weighted by Crippen LogP contribution is 2.22. The number of nitrogen functional groups attached to an aromatic ring is 1. The largest absolute Gasteiger partial charge is 0.472 e. The van der Waals surface area contributed by atoms with Gasteiger partial charge in [-0.2, -0.15) is 4.98 Å². The first-order valence-electron chi connectivity index (χ1n) is 4.73. The Morgan fingerprint density at radius 3 is 2.88 bits per heavy atom. The van der Waals surface area contributed by atoms with E-state index in [2.05, 4.69) is 4.98 Å². The van der Waals surface area contributed by atoms with Crippen LogP contribution in [0.15, 0.2) is 29.6 Å². The van der Waals surface area contributed by atoms with Gasteiger partial charge in [-0.15, -0.1) is 11.3 Å². The molecule has 2 N–H and O–H groups in total. The third kappa shape index (κ3) is 2.70. The van der Waals surface area contributed by atoms with E-state index in [4.69, 9.17) is 10.5 Å². The average molecular weight is 251 g/mol. The van der Waals surface area contributed by atoms with Crippen LogP contribution < -0.4 is 10.5 Å². The smallest absolute Gasteiger partial charge is 0.311 e. The van der Waals surface area contributed by atoms with Crippen LogP contribution in [0, 0.1) is 10.1 Å². The fourth-order valence-electron chi connectivity index (χ4n) is 1.22. The lowest BCUT2D eigenvalue weighted by molar-refractivity contribution is -0.384. The van der Waals surface area contributed by atoms with Gasteiger partial charge in [-0.05, 0) is 11.4 Å². The molecule has 2 aromatic heterocycles. The van der Waals surface area contributed by atoms with Gasteiger partial charge in [0.25, 0.3) is 0 Å². The van der Waals surface area contributed by atoms with Crippen molar-refractivity contribution < 1.29 is 9.66 Å². The molecule has 17 heavy (non-hydrogen) atoms. The molecule has 0 amide bonds. The summed E-state index contributed by atoms with van der Waals surface area (Å²) in [5, 5.41) is 12.5. The van der Waals surface area contributed by atoms with Crippen molar-refractivity contribution in [1.82, 2.24) is 4.98 Å². The lowest BCUT2D eigenvalue weighted by Crippen LogP contribution is -2.01. The first-order chi connectivity index (χ1) is 8.16. The Morgan fingerprint density at radius 1 is 1.47 bits per heavy atom. The zero-order valence-electron chi connectivity index (χ0n) is 8.70. The lowest BCUT2D eigenvalue weighted by Gasteiger charge is -2.04. The summed E-state index contributed by atoms with van der Waals surface area (Å²) >= 11 is 1.56. The highest BCUT2D eigenvalue weighted by atomic mass is 32.1. The number of hydrogen-bond acceptors (Lipinski definition) is 6. The van der Waals surface area contributed by atoms with Gasteiger partial charge in [-0.3, -0.25) is 10.1 Å². The maximum absolute atomic E-state index is 10.5. The summed E-state index contributed by atoms with van der Waals surface area (Å²) in [6.45, 7) is 0.377. The summed E-state index contributed by atoms with van der Waals surface area (Å²) in [6, 6.07) is 6.56. The molecule has 0 bridgehead atoms. The second kappa shape index (κ2) is 4.79. The average Bonchev–Trinajstić information content (AvgIpc) is 2.78. The summed E-state index contributed by atoms with van der Waals surface area (Å²) in [4.78, 5) is 14.8. The van der Waals surface area contributed by atoms with Crippen LogP contribution in [-0.4, -0.2) is 9.91 Å². The minimum Gasteiger partial charge on any atom is -0.472 e. The molecule has 0 unspecified atom stereocenters. The van der Waals surface area contributed by atoms with Crippen LogP contribution in [0.1, 0.15) is 4.88 Å². The SMILES string of the molecule is Nc1nc(OCc2cccs2)ccc1[N+](=O)[O-]. The van der Waals surface area contributed by atoms with E-state index in [1.165, 1.54) is 12.1 Å². The molecule has 0 atom stereocenters. The van der Waals surface area contributed by atoms with E-state index in [1.54, 1.807) is 11.3 Å². The highest BCUT2D eigenvalue weighted by molar-refractivity contribution is 7.09. The molecule has 2 aromatic rings. The zero-order chi connectivity index (χ0) is 12.3. The molecular formula is C10H9N3O3S. The fourth-order valence-corrected chi connectivity index (χ4v) is 1.84. The number of nitrogens with two attached hydrogens (primary N) is 1. The molecular weight excluding hydrogens is 242 g/mol. The van der Waals surface area contributed by atoms with E-state index in [0.717, 1.165) is 4.88 Å². The second-order valence-corrected chi connectivity index (χ2v) is 4.21. The van der Waals surface area contributed by atoms with E-state index in [-0.39, 0.29) is 17.4 Å². The molecule has 0 aliphatic heterocycles. The summed E-state index contributed by atoms with van der Waals surface area (Å²) < 4.78 is 5.36. The molecule has 0 aliphatic rings. The normalized spacial score (nSPS) is 10.1. The number of aromatic nitrogens is 1. The van der Waals surface area contributed by atoms with Crippen LogP contribution >= 0.6 is 11.3 Å². The Labute approximate surface area is 101 Å². The topological polar surface area (TPSA) is 91.3 Å². The summed E-state index contributed by atoms with van der Waals surface area (Å²) in [6.07, 6.45) is 0. The molecule has 0 radical (unpaired) electrons. The van der Waals surface area contributed by atoms with Crippen LogP contribution in [-0.2, 0) is 6.61 Å². The Balaban J connectivity index is 2.07. The van der Waals surface area contributed by atoms with Crippen molar-refractivity contribution in [2.75, 3.05) is 5.73 Å². The van der Waals surface area contributed by atoms with Gasteiger partial charge in [-0.1, -0.05) is 6.07 Å². The number of nitro groups is 1. The van der Waals surface area contributed by atoms with Crippen LogP contribution in [0.4, 0.5) is 11.5 Å². The molecule has 7 heteroatoms. The molecule has 0 aliphatic carbocycles. The predicted octanol–water partition coefficient (Wildman–Crippen LogP) is 2.21. The van der Waals surface area contributed by atoms with Crippen LogP contribution in [0.2, 0.25) is 0 Å². The third-order valence-corrected chi connectivity index (χ3v) is 2.87. The molecule has 0 spiro atoms. The Hall–Kier alpha value is -2.15. The van der Waals surface area contributed by atoms with Gasteiger partial charge in [-0.25, -0.2) is 0 Å². The van der Waals surface area contributed by atoms with E-state index in [1.807, 2.05) is 17.5 Å². The summed E-state index contributed by atoms with van der Waals surface area (Å²) in [5.41, 5.74) is 5.23. The number of hydrogen-bond donors (Lipinski definition) is 1. The number of anilines is 1. The monoisotopic (exact) mass is 251 g/mol. The Morgan fingerprint density at radius 2 is 2.29 bits per heavy atom. The van der Waals surface area contributed by atoms with Gasteiger partial charge in [0.05, 0.1) is 4.92 Å². The van der Waals surface area contributed by atoms with Crippen molar-refractivity contribution in [3.63, 3.8) is 0 Å². The minimum absolute atomic E-state index is 0.140. The van der Waals surface area contributed by atoms with E-state index < -0.39 is 4.92 Å². The van der Waals surface area contributed by atoms with Crippen LogP contribution in [0.3, 0.4) is 0 Å². The van der Waals surface area contributed by atoms with Gasteiger partial charge in [0.15, 0.2) is 0 Å². The first-order valence-corrected chi connectivity index (χ1v) is 5.61. The molecule has 88 valence electrons. The highest BCUT2D eigenvalue weighted by Gasteiger charge is 2.13. The lowest BCUT2D eigenvalue weighted by atomic mass is 10.4. The van der Waals surface area contributed by atoms with Crippen molar-refractivity contribution in [3.05, 3.63) is 44.6 Å². The van der Waals surface area contributed by atoms with Crippen molar-refractivity contribution >= 4 is 22.8 Å². The van der Waals surface area contributed by atoms with Gasteiger partial charge in [0, 0.05) is 17.0 Å². The van der Waals surface area contributed by atoms with Crippen LogP contribution in [0.25, 0.3) is 0 Å². The molecule has 2 rings (SSSR count). The minimum atomic E-state index is -0.578. The Kier molecular flexibility index (Phi) is 3.20. The quantitative estimate of drug-likeness (QED) is 0.664. The Bertz CT molecular complexity index is 528. The van der Waals surface area contributed by atoms with Crippen LogP contribution in [0.5, 0.6) is 5.88 Å². The predicted molar refractivity (Wildman–Crippen MR) is 64.0 cm³/mol. The fraction of sp³-hybridized carbons (Fsp3) is 0.100. The summed E-state index contributed by atoms with van der Waals surface area (Å²) in [5.74, 6) is 0.139. The van der Waals surface area contributed by atoms with Gasteiger partial charge >= 0.3 is 5.69 Å².